The van der Waals surface area contributed by atoms with E-state index in [9.17, 15) is 9.59 Å². The number of rotatable bonds is 14. The van der Waals surface area contributed by atoms with E-state index in [1.54, 1.807) is 24.3 Å². The molecule has 11 heteroatoms. The Morgan fingerprint density at radius 3 is 1.81 bits per heavy atom. The van der Waals surface area contributed by atoms with Crippen molar-refractivity contribution < 1.29 is 22.8 Å². The molecule has 1 aromatic heterocycles. The van der Waals surface area contributed by atoms with Crippen molar-refractivity contribution in [3.05, 3.63) is 143 Å². The molecule has 270 valence electrons. The van der Waals surface area contributed by atoms with Gasteiger partial charge in [-0.25, -0.2) is 0 Å². The molecule has 0 spiro atoms. The number of hydrogen-bond acceptors (Lipinski definition) is 5. The number of primary amides is 1. The molecule has 0 aliphatic heterocycles. The van der Waals surface area contributed by atoms with Crippen molar-refractivity contribution in [3.63, 3.8) is 0 Å². The number of nitrogens with one attached hydrogen (secondary N) is 2. The van der Waals surface area contributed by atoms with Crippen LogP contribution >= 0.6 is 39.0 Å². The standard InChI is InChI=1S/C41H39BrF3N3O2S2/c1-28(2)25-33(48-39(23-14-24-42,41(43,44)45)36-26-29-15-12-13-22-35(29)52-36)38(50)47-34(37(46)49)27-51-40(30-16-6-3-7-17-30,31-18-8-4-9-19-31)32-20-10-5-11-21-32/h3-13,15-22,26,28,33-34,48H,24-25,27H2,1-2H3,(H2,46,49)(H,47,50)/t33-,34?,39-/m0/s1. The van der Waals surface area contributed by atoms with Gasteiger partial charge in [-0.1, -0.05) is 151 Å². The first-order valence-electron chi connectivity index (χ1n) is 16.7. The molecule has 0 bridgehead atoms. The minimum atomic E-state index is -4.92. The van der Waals surface area contributed by atoms with Crippen LogP contribution in [0.25, 0.3) is 10.1 Å². The summed E-state index contributed by atoms with van der Waals surface area (Å²) >= 11 is 5.53. The quantitative estimate of drug-likeness (QED) is 0.0596. The smallest absolute Gasteiger partial charge is 0.368 e. The monoisotopic (exact) mass is 805 g/mol. The summed E-state index contributed by atoms with van der Waals surface area (Å²) in [6.45, 7) is 3.63. The maximum absolute atomic E-state index is 15.4. The molecule has 0 saturated heterocycles. The van der Waals surface area contributed by atoms with Crippen molar-refractivity contribution in [1.82, 2.24) is 10.6 Å². The van der Waals surface area contributed by atoms with Crippen LogP contribution in [0.2, 0.25) is 0 Å². The fourth-order valence-electron chi connectivity index (χ4n) is 6.20. The lowest BCUT2D eigenvalue weighted by Crippen LogP contribution is -2.61. The highest BCUT2D eigenvalue weighted by molar-refractivity contribution is 9.09. The van der Waals surface area contributed by atoms with Gasteiger partial charge in [0.2, 0.25) is 17.4 Å². The molecular weight excluding hydrogens is 768 g/mol. The van der Waals surface area contributed by atoms with Crippen LogP contribution in [0.5, 0.6) is 0 Å². The number of carbonyl (C=O) groups excluding carboxylic acids is 2. The summed E-state index contributed by atoms with van der Waals surface area (Å²) in [6.07, 6.45) is -4.89. The lowest BCUT2D eigenvalue weighted by Gasteiger charge is -2.37. The average molecular weight is 807 g/mol. The van der Waals surface area contributed by atoms with Crippen LogP contribution < -0.4 is 16.4 Å². The SMILES string of the molecule is CC(C)C[C@H](N[C@@](C#CCBr)(c1cc2ccccc2s1)C(F)(F)F)C(=O)NC(CSC(c1ccccc1)(c1ccccc1)c1ccccc1)C(N)=O. The topological polar surface area (TPSA) is 84.2 Å². The van der Waals surface area contributed by atoms with Crippen molar-refractivity contribution in [1.29, 1.82) is 0 Å². The van der Waals surface area contributed by atoms with Crippen molar-refractivity contribution in [3.8, 4) is 11.8 Å². The number of benzene rings is 4. The van der Waals surface area contributed by atoms with Gasteiger partial charge in [-0.3, -0.25) is 14.9 Å². The number of thiophene rings is 1. The lowest BCUT2D eigenvalue weighted by molar-refractivity contribution is -0.184. The number of halogens is 4. The molecule has 5 aromatic rings. The van der Waals surface area contributed by atoms with Gasteiger partial charge >= 0.3 is 6.18 Å². The third-order valence-electron chi connectivity index (χ3n) is 8.64. The number of thioether (sulfide) groups is 1. The molecule has 0 aliphatic carbocycles. The fourth-order valence-corrected chi connectivity index (χ4v) is 9.11. The summed E-state index contributed by atoms with van der Waals surface area (Å²) in [6, 6.07) is 35.3. The molecule has 0 saturated carbocycles. The number of alkyl halides is 4. The summed E-state index contributed by atoms with van der Waals surface area (Å²) in [5, 5.41) is 6.03. The molecule has 2 amide bonds. The van der Waals surface area contributed by atoms with Crippen molar-refractivity contribution in [2.75, 3.05) is 11.1 Å². The van der Waals surface area contributed by atoms with Crippen LogP contribution in [0.3, 0.4) is 0 Å². The molecule has 1 unspecified atom stereocenters. The highest BCUT2D eigenvalue weighted by Gasteiger charge is 2.58. The second-order valence-electron chi connectivity index (χ2n) is 12.7. The Bertz CT molecular complexity index is 1890. The van der Waals surface area contributed by atoms with Gasteiger partial charge in [0, 0.05) is 15.3 Å². The molecule has 4 aromatic carbocycles. The second kappa shape index (κ2) is 17.2. The van der Waals surface area contributed by atoms with E-state index in [1.165, 1.54) is 17.8 Å². The number of fused-ring (bicyclic) bond motifs is 1. The molecule has 1 heterocycles. The molecule has 0 radical (unpaired) electrons. The van der Waals surface area contributed by atoms with Gasteiger partial charge in [0.1, 0.15) is 6.04 Å². The molecule has 0 aliphatic rings. The van der Waals surface area contributed by atoms with E-state index < -0.39 is 40.4 Å². The molecular formula is C41H39BrF3N3O2S2. The predicted molar refractivity (Wildman–Crippen MR) is 210 cm³/mol. The molecule has 0 fully saturated rings. The normalized spacial score (nSPS) is 14.2. The Balaban J connectivity index is 1.52. The summed E-state index contributed by atoms with van der Waals surface area (Å²) in [5.41, 5.74) is 5.88. The van der Waals surface area contributed by atoms with Crippen LogP contribution in [-0.4, -0.2) is 41.2 Å². The van der Waals surface area contributed by atoms with Crippen molar-refractivity contribution in [2.24, 2.45) is 11.7 Å². The average Bonchev–Trinajstić information content (AvgIpc) is 3.58. The minimum Gasteiger partial charge on any atom is -0.368 e. The van der Waals surface area contributed by atoms with Gasteiger partial charge in [0.25, 0.3) is 0 Å². The fraction of sp³-hybridized carbons (Fsp3) is 0.268. The van der Waals surface area contributed by atoms with Crippen LogP contribution in [0.4, 0.5) is 13.2 Å². The summed E-state index contributed by atoms with van der Waals surface area (Å²) in [5.74, 6) is 3.24. The van der Waals surface area contributed by atoms with Crippen LogP contribution in [0.15, 0.2) is 121 Å². The van der Waals surface area contributed by atoms with Crippen molar-refractivity contribution in [2.45, 2.75) is 48.8 Å². The number of amides is 2. The van der Waals surface area contributed by atoms with Gasteiger partial charge < -0.3 is 11.1 Å². The van der Waals surface area contributed by atoms with E-state index in [0.29, 0.717) is 10.1 Å². The first-order valence-corrected chi connectivity index (χ1v) is 19.6. The van der Waals surface area contributed by atoms with Gasteiger partial charge in [-0.05, 0) is 46.5 Å². The summed E-state index contributed by atoms with van der Waals surface area (Å²) in [4.78, 5) is 27.2. The number of nitrogens with two attached hydrogens (primary N) is 1. The van der Waals surface area contributed by atoms with Gasteiger partial charge in [0.05, 0.1) is 16.1 Å². The van der Waals surface area contributed by atoms with Crippen LogP contribution in [-0.2, 0) is 19.9 Å². The Morgan fingerprint density at radius 1 is 0.827 bits per heavy atom. The van der Waals surface area contributed by atoms with Crippen molar-refractivity contribution >= 4 is 60.9 Å². The lowest BCUT2D eigenvalue weighted by atomic mass is 9.84. The van der Waals surface area contributed by atoms with Crippen LogP contribution in [0, 0.1) is 17.8 Å². The zero-order valence-electron chi connectivity index (χ0n) is 28.6. The first-order chi connectivity index (χ1) is 24.9. The summed E-state index contributed by atoms with van der Waals surface area (Å²) in [7, 11) is 0. The molecule has 5 nitrogen and oxygen atoms in total. The highest BCUT2D eigenvalue weighted by atomic mass is 79.9. The first kappa shape index (κ1) is 39.1. The molecule has 4 N–H and O–H groups in total. The van der Waals surface area contributed by atoms with Crippen LogP contribution in [0.1, 0.15) is 41.8 Å². The van der Waals surface area contributed by atoms with Gasteiger partial charge in [-0.15, -0.1) is 23.1 Å². The van der Waals surface area contributed by atoms with E-state index in [1.807, 2.05) is 105 Å². The number of hydrogen-bond donors (Lipinski definition) is 3. The molecule has 52 heavy (non-hydrogen) atoms. The minimum absolute atomic E-state index is 0.00852. The van der Waals surface area contributed by atoms with E-state index in [0.717, 1.165) is 28.0 Å². The van der Waals surface area contributed by atoms with E-state index in [-0.39, 0.29) is 28.3 Å². The van der Waals surface area contributed by atoms with E-state index >= 15 is 13.2 Å². The maximum Gasteiger partial charge on any atom is 0.423 e. The molecule has 3 atom stereocenters. The third kappa shape index (κ3) is 8.58. The second-order valence-corrected chi connectivity index (χ2v) is 15.6. The Kier molecular flexibility index (Phi) is 12.9. The molecule has 5 rings (SSSR count). The van der Waals surface area contributed by atoms with E-state index in [4.69, 9.17) is 5.73 Å². The number of carbonyl (C=O) groups is 2. The third-order valence-corrected chi connectivity index (χ3v) is 11.8. The summed E-state index contributed by atoms with van der Waals surface area (Å²) < 4.78 is 46.1. The van der Waals surface area contributed by atoms with Gasteiger partial charge in [-0.2, -0.15) is 13.2 Å². The van der Waals surface area contributed by atoms with E-state index in [2.05, 4.69) is 38.4 Å². The Morgan fingerprint density at radius 2 is 1.35 bits per heavy atom. The Labute approximate surface area is 319 Å². The predicted octanol–water partition coefficient (Wildman–Crippen LogP) is 8.76. The highest BCUT2D eigenvalue weighted by Crippen LogP contribution is 2.49. The van der Waals surface area contributed by atoms with Gasteiger partial charge in [0.15, 0.2) is 0 Å². The maximum atomic E-state index is 15.4. The Hall–Kier alpha value is -4.08. The zero-order valence-corrected chi connectivity index (χ0v) is 31.8. The largest absolute Gasteiger partial charge is 0.423 e. The zero-order chi connectivity index (χ0) is 37.4.